The molecular weight excluding hydrogens is 540 g/mol. The van der Waals surface area contributed by atoms with Crippen LogP contribution in [0, 0.1) is 0 Å². The number of carboxylic acids is 2. The van der Waals surface area contributed by atoms with Crippen molar-refractivity contribution in [1.29, 1.82) is 0 Å². The Morgan fingerprint density at radius 3 is 2.14 bits per heavy atom. The average Bonchev–Trinajstić information content (AvgIpc) is 2.84. The van der Waals surface area contributed by atoms with Gasteiger partial charge in [-0.1, -0.05) is 46.3 Å². The van der Waals surface area contributed by atoms with Crippen LogP contribution in [0.4, 0.5) is 0 Å². The molecule has 0 aromatic heterocycles. The van der Waals surface area contributed by atoms with Crippen molar-refractivity contribution in [2.45, 2.75) is 11.4 Å². The van der Waals surface area contributed by atoms with Crippen LogP contribution in [0.3, 0.4) is 0 Å². The Bertz CT molecular complexity index is 1310. The van der Waals surface area contributed by atoms with Gasteiger partial charge in [-0.25, -0.2) is 18.0 Å². The van der Waals surface area contributed by atoms with Gasteiger partial charge in [-0.2, -0.15) is 4.31 Å². The first-order valence-electron chi connectivity index (χ1n) is 10.6. The number of carboxylic acid groups (broad SMARTS) is 2. The number of piperazine rings is 1. The van der Waals surface area contributed by atoms with Crippen LogP contribution in [0.5, 0.6) is 5.75 Å². The lowest BCUT2D eigenvalue weighted by molar-refractivity contribution is -0.159. The number of fused-ring (bicyclic) bond motifs is 1. The van der Waals surface area contributed by atoms with Crippen molar-refractivity contribution in [3.8, 4) is 5.75 Å². The quantitative estimate of drug-likeness (QED) is 0.452. The molecule has 0 aliphatic carbocycles. The number of halogens is 1. The summed E-state index contributed by atoms with van der Waals surface area (Å²) in [6.45, 7) is 3.05. The normalized spacial score (nSPS) is 14.7. The van der Waals surface area contributed by atoms with Crippen LogP contribution in [-0.2, 0) is 26.2 Å². The van der Waals surface area contributed by atoms with Crippen LogP contribution < -0.4 is 4.74 Å². The van der Waals surface area contributed by atoms with Gasteiger partial charge in [-0.15, -0.1) is 0 Å². The summed E-state index contributed by atoms with van der Waals surface area (Å²) < 4.78 is 34.3. The summed E-state index contributed by atoms with van der Waals surface area (Å²) in [6.07, 6.45) is 0. The van der Waals surface area contributed by atoms with Crippen molar-refractivity contribution in [3.05, 3.63) is 70.7 Å². The van der Waals surface area contributed by atoms with E-state index >= 15 is 0 Å². The summed E-state index contributed by atoms with van der Waals surface area (Å²) in [7, 11) is -1.83. The predicted octanol–water partition coefficient (Wildman–Crippen LogP) is 3.27. The highest BCUT2D eigenvalue weighted by atomic mass is 79.9. The third-order valence-corrected chi connectivity index (χ3v) is 7.90. The second-order valence-electron chi connectivity index (χ2n) is 7.76. The fourth-order valence-corrected chi connectivity index (χ4v) is 5.58. The number of hydrogen-bond donors (Lipinski definition) is 2. The fraction of sp³-hybridized carbons (Fsp3) is 0.250. The van der Waals surface area contributed by atoms with E-state index in [-0.39, 0.29) is 0 Å². The fourth-order valence-electron chi connectivity index (χ4n) is 3.72. The van der Waals surface area contributed by atoms with Crippen molar-refractivity contribution >= 4 is 48.7 Å². The molecule has 0 saturated carbocycles. The zero-order valence-corrected chi connectivity index (χ0v) is 21.3. The molecule has 9 nitrogen and oxygen atoms in total. The van der Waals surface area contributed by atoms with Gasteiger partial charge in [0.15, 0.2) is 0 Å². The minimum atomic E-state index is -3.49. The first-order chi connectivity index (χ1) is 16.6. The summed E-state index contributed by atoms with van der Waals surface area (Å²) >= 11 is 3.51. The van der Waals surface area contributed by atoms with Gasteiger partial charge < -0.3 is 14.9 Å². The molecule has 0 spiro atoms. The van der Waals surface area contributed by atoms with E-state index in [1.54, 1.807) is 23.5 Å². The van der Waals surface area contributed by atoms with E-state index in [1.165, 1.54) is 0 Å². The van der Waals surface area contributed by atoms with Crippen molar-refractivity contribution in [2.75, 3.05) is 33.3 Å². The molecule has 3 aromatic carbocycles. The number of methoxy groups -OCH3 is 1. The van der Waals surface area contributed by atoms with Gasteiger partial charge in [0.25, 0.3) is 0 Å². The lowest BCUT2D eigenvalue weighted by atomic mass is 10.1. The number of rotatable bonds is 5. The second kappa shape index (κ2) is 11.6. The monoisotopic (exact) mass is 564 g/mol. The molecule has 2 N–H and O–H groups in total. The highest BCUT2D eigenvalue weighted by Crippen LogP contribution is 2.26. The number of hydrogen-bond acceptors (Lipinski definition) is 6. The Hall–Kier alpha value is -2.99. The van der Waals surface area contributed by atoms with E-state index < -0.39 is 22.0 Å². The molecule has 1 aliphatic heterocycles. The molecule has 0 atom stereocenters. The standard InChI is InChI=1S/C22H23BrN2O3S.C2H2O4/c1-28-22-9-7-20(23)14-19(22)16-24-10-12-25(13-11-24)29(26,27)21-8-6-17-4-2-3-5-18(17)15-21;3-1(4)2(5)6/h2-9,14-15H,10-13,16H2,1H3;(H,3,4)(H,5,6). The van der Waals surface area contributed by atoms with Crippen LogP contribution in [0.15, 0.2) is 70.0 Å². The summed E-state index contributed by atoms with van der Waals surface area (Å²) in [5.74, 6) is -2.80. The Labute approximate surface area is 211 Å². The summed E-state index contributed by atoms with van der Waals surface area (Å²) in [5, 5.41) is 16.8. The molecule has 1 saturated heterocycles. The predicted molar refractivity (Wildman–Crippen MR) is 134 cm³/mol. The van der Waals surface area contributed by atoms with Gasteiger partial charge in [0.1, 0.15) is 5.75 Å². The number of ether oxygens (including phenoxy) is 1. The molecule has 1 aliphatic rings. The smallest absolute Gasteiger partial charge is 0.414 e. The Kier molecular flexibility index (Phi) is 8.84. The number of sulfonamides is 1. The number of carbonyl (C=O) groups is 2. The number of nitrogens with zero attached hydrogens (tertiary/aromatic N) is 2. The van der Waals surface area contributed by atoms with Gasteiger partial charge in [-0.05, 0) is 41.1 Å². The molecule has 0 amide bonds. The summed E-state index contributed by atoms with van der Waals surface area (Å²) in [5.41, 5.74) is 1.09. The maximum Gasteiger partial charge on any atom is 0.414 e. The number of aliphatic carboxylic acids is 2. The van der Waals surface area contributed by atoms with Crippen molar-refractivity contribution in [3.63, 3.8) is 0 Å². The van der Waals surface area contributed by atoms with E-state index in [2.05, 4.69) is 26.9 Å². The van der Waals surface area contributed by atoms with Crippen LogP contribution in [0.2, 0.25) is 0 Å². The van der Waals surface area contributed by atoms with Gasteiger partial charge in [0.2, 0.25) is 10.0 Å². The molecule has 35 heavy (non-hydrogen) atoms. The first-order valence-corrected chi connectivity index (χ1v) is 12.8. The Morgan fingerprint density at radius 2 is 1.54 bits per heavy atom. The third kappa shape index (κ3) is 6.79. The minimum absolute atomic E-state index is 0.360. The highest BCUT2D eigenvalue weighted by Gasteiger charge is 2.29. The van der Waals surface area contributed by atoms with Crippen molar-refractivity contribution in [1.82, 2.24) is 9.21 Å². The summed E-state index contributed by atoms with van der Waals surface area (Å²) in [6, 6.07) is 19.1. The van der Waals surface area contributed by atoms with Gasteiger partial charge >= 0.3 is 11.9 Å². The number of benzene rings is 3. The van der Waals surface area contributed by atoms with Crippen LogP contribution in [0.1, 0.15) is 5.56 Å². The molecule has 11 heteroatoms. The SMILES string of the molecule is COc1ccc(Br)cc1CN1CCN(S(=O)(=O)c2ccc3ccccc3c2)CC1.O=C(O)C(=O)O. The van der Waals surface area contributed by atoms with Crippen molar-refractivity contribution in [2.24, 2.45) is 0 Å². The first kappa shape index (κ1) is 26.6. The molecule has 3 aromatic rings. The van der Waals surface area contributed by atoms with E-state index in [4.69, 9.17) is 24.5 Å². The Morgan fingerprint density at radius 1 is 0.914 bits per heavy atom. The lowest BCUT2D eigenvalue weighted by Gasteiger charge is -2.34. The Balaban J connectivity index is 0.000000509. The zero-order chi connectivity index (χ0) is 25.6. The summed E-state index contributed by atoms with van der Waals surface area (Å²) in [4.78, 5) is 20.8. The molecule has 186 valence electrons. The van der Waals surface area contributed by atoms with Crippen LogP contribution in [-0.4, -0.2) is 73.1 Å². The minimum Gasteiger partial charge on any atom is -0.496 e. The van der Waals surface area contributed by atoms with Crippen molar-refractivity contribution < 1.29 is 33.0 Å². The van der Waals surface area contributed by atoms with Crippen LogP contribution in [0.25, 0.3) is 10.8 Å². The second-order valence-corrected chi connectivity index (χ2v) is 10.6. The van der Waals surface area contributed by atoms with E-state index in [1.807, 2.05) is 42.5 Å². The highest BCUT2D eigenvalue weighted by molar-refractivity contribution is 9.10. The molecule has 1 fully saturated rings. The van der Waals surface area contributed by atoms with E-state index in [0.717, 1.165) is 33.1 Å². The molecular formula is C24H25BrN2O7S. The van der Waals surface area contributed by atoms with Gasteiger partial charge in [0.05, 0.1) is 12.0 Å². The van der Waals surface area contributed by atoms with E-state index in [9.17, 15) is 8.42 Å². The largest absolute Gasteiger partial charge is 0.496 e. The molecule has 0 unspecified atom stereocenters. The maximum atomic E-state index is 13.1. The third-order valence-electron chi connectivity index (χ3n) is 5.51. The maximum absolute atomic E-state index is 13.1. The van der Waals surface area contributed by atoms with Crippen LogP contribution >= 0.6 is 15.9 Å². The average molecular weight is 565 g/mol. The molecule has 4 rings (SSSR count). The van der Waals surface area contributed by atoms with Gasteiger partial charge in [-0.3, -0.25) is 4.90 Å². The van der Waals surface area contributed by atoms with Gasteiger partial charge in [0, 0.05) is 42.8 Å². The molecule has 1 heterocycles. The lowest BCUT2D eigenvalue weighted by Crippen LogP contribution is -2.48. The van der Waals surface area contributed by atoms with E-state index in [0.29, 0.717) is 31.1 Å². The molecule has 0 radical (unpaired) electrons. The zero-order valence-electron chi connectivity index (χ0n) is 18.9. The topological polar surface area (TPSA) is 124 Å². The molecule has 0 bridgehead atoms.